The van der Waals surface area contributed by atoms with E-state index < -0.39 is 5.60 Å². The number of carbonyl (C=O) groups excluding carboxylic acids is 1. The molecule has 0 aliphatic rings. The molecule has 2 aromatic rings. The maximum atomic E-state index is 11.9. The smallest absolute Gasteiger partial charge is 0.407 e. The molecule has 0 saturated carbocycles. The number of ether oxygens (including phenoxy) is 1. The quantitative estimate of drug-likeness (QED) is 0.583. The van der Waals surface area contributed by atoms with Gasteiger partial charge in [-0.15, -0.1) is 0 Å². The van der Waals surface area contributed by atoms with Crippen LogP contribution in [0.25, 0.3) is 10.9 Å². The van der Waals surface area contributed by atoms with Gasteiger partial charge in [-0.2, -0.15) is 0 Å². The number of alkyl carbamates (subject to hydrolysis) is 1. The fourth-order valence-electron chi connectivity index (χ4n) is 2.70. The Bertz CT molecular complexity index is 789. The Morgan fingerprint density at radius 2 is 2.07 bits per heavy atom. The normalized spacial score (nSPS) is 12.7. The van der Waals surface area contributed by atoms with Gasteiger partial charge in [0, 0.05) is 28.6 Å². The number of carbonyl (C=O) groups is 1. The van der Waals surface area contributed by atoms with E-state index in [0.29, 0.717) is 5.95 Å². The van der Waals surface area contributed by atoms with Gasteiger partial charge in [0.25, 0.3) is 0 Å². The molecular formula is C20H29BrN4O2. The lowest BCUT2D eigenvalue weighted by atomic mass is 10.1. The van der Waals surface area contributed by atoms with Crippen molar-refractivity contribution < 1.29 is 9.53 Å². The van der Waals surface area contributed by atoms with Crippen LogP contribution in [0.3, 0.4) is 0 Å². The first kappa shape index (κ1) is 21.4. The zero-order chi connectivity index (χ0) is 20.0. The van der Waals surface area contributed by atoms with E-state index in [-0.39, 0.29) is 12.1 Å². The number of hydrogen-bond donors (Lipinski definition) is 2. The Morgan fingerprint density at radius 3 is 2.74 bits per heavy atom. The van der Waals surface area contributed by atoms with Crippen LogP contribution in [-0.2, 0) is 4.74 Å². The minimum Gasteiger partial charge on any atom is -0.444 e. The zero-order valence-corrected chi connectivity index (χ0v) is 18.3. The lowest BCUT2D eigenvalue weighted by Gasteiger charge is -2.23. The largest absolute Gasteiger partial charge is 0.444 e. The molecular weight excluding hydrogens is 408 g/mol. The Hall–Kier alpha value is -1.89. The van der Waals surface area contributed by atoms with Gasteiger partial charge in [0.05, 0.1) is 5.52 Å². The van der Waals surface area contributed by atoms with Gasteiger partial charge in [-0.3, -0.25) is 0 Å². The van der Waals surface area contributed by atoms with E-state index in [1.807, 2.05) is 46.0 Å². The number of fused-ring (bicyclic) bond motifs is 1. The molecule has 27 heavy (non-hydrogen) atoms. The van der Waals surface area contributed by atoms with Gasteiger partial charge >= 0.3 is 6.09 Å². The van der Waals surface area contributed by atoms with Crippen LogP contribution in [0, 0.1) is 6.92 Å². The van der Waals surface area contributed by atoms with Gasteiger partial charge in [-0.25, -0.2) is 14.8 Å². The molecule has 0 radical (unpaired) electrons. The van der Waals surface area contributed by atoms with Gasteiger partial charge in [0.2, 0.25) is 5.95 Å². The summed E-state index contributed by atoms with van der Waals surface area (Å²) in [5.74, 6) is 0.623. The van der Waals surface area contributed by atoms with E-state index >= 15 is 0 Å². The molecule has 1 unspecified atom stereocenters. The maximum absolute atomic E-state index is 11.9. The molecule has 0 aliphatic carbocycles. The van der Waals surface area contributed by atoms with E-state index in [1.165, 1.54) is 0 Å². The molecule has 1 aromatic heterocycles. The fourth-order valence-corrected chi connectivity index (χ4v) is 3.05. The highest BCUT2D eigenvalue weighted by Gasteiger charge is 2.18. The Morgan fingerprint density at radius 1 is 1.33 bits per heavy atom. The number of anilines is 1. The van der Waals surface area contributed by atoms with E-state index in [9.17, 15) is 4.79 Å². The van der Waals surface area contributed by atoms with Gasteiger partial charge in [0.1, 0.15) is 5.60 Å². The van der Waals surface area contributed by atoms with Gasteiger partial charge in [-0.1, -0.05) is 22.9 Å². The third-order valence-electron chi connectivity index (χ3n) is 4.19. The summed E-state index contributed by atoms with van der Waals surface area (Å²) in [4.78, 5) is 20.9. The van der Waals surface area contributed by atoms with Crippen molar-refractivity contribution in [3.8, 4) is 0 Å². The highest BCUT2D eigenvalue weighted by molar-refractivity contribution is 9.10. The van der Waals surface area contributed by atoms with Crippen molar-refractivity contribution in [3.63, 3.8) is 0 Å². The summed E-state index contributed by atoms with van der Waals surface area (Å²) in [6.07, 6.45) is 4.11. The van der Waals surface area contributed by atoms with Crippen molar-refractivity contribution in [2.24, 2.45) is 0 Å². The minimum absolute atomic E-state index is 0.0965. The van der Waals surface area contributed by atoms with Crippen molar-refractivity contribution in [1.82, 2.24) is 15.3 Å². The molecule has 1 amide bonds. The van der Waals surface area contributed by atoms with Crippen LogP contribution in [0.15, 0.2) is 22.8 Å². The second-order valence-electron chi connectivity index (χ2n) is 7.62. The summed E-state index contributed by atoms with van der Waals surface area (Å²) in [6, 6.07) is 4.08. The lowest BCUT2D eigenvalue weighted by molar-refractivity contribution is 0.0500. The molecule has 0 spiro atoms. The topological polar surface area (TPSA) is 76.1 Å². The molecule has 0 saturated heterocycles. The average molecular weight is 437 g/mol. The summed E-state index contributed by atoms with van der Waals surface area (Å²) < 4.78 is 6.37. The molecule has 0 bridgehead atoms. The van der Waals surface area contributed by atoms with Gasteiger partial charge < -0.3 is 15.4 Å². The molecule has 148 valence electrons. The number of aryl methyl sites for hydroxylation is 1. The third-order valence-corrected chi connectivity index (χ3v) is 5.05. The molecule has 2 rings (SSSR count). The third kappa shape index (κ3) is 6.65. The van der Waals surface area contributed by atoms with Crippen LogP contribution in [-0.4, -0.2) is 34.2 Å². The molecule has 1 atom stereocenters. The van der Waals surface area contributed by atoms with Crippen LogP contribution in [0.4, 0.5) is 10.7 Å². The first-order valence-electron chi connectivity index (χ1n) is 9.35. The number of rotatable bonds is 7. The standard InChI is InChI=1S/C20H29BrN4O2/c1-6-14(24-19(26)27-20(3,4)5)8-7-11-22-18-23-12-15-13(2)16(21)9-10-17(15)25-18/h9-10,12,14H,6-8,11H2,1-5H3,(H,24,26)(H,22,23,25). The number of benzene rings is 1. The first-order valence-corrected chi connectivity index (χ1v) is 10.1. The molecule has 1 heterocycles. The maximum Gasteiger partial charge on any atom is 0.407 e. The molecule has 2 N–H and O–H groups in total. The Balaban J connectivity index is 1.82. The van der Waals surface area contributed by atoms with Crippen molar-refractivity contribution >= 4 is 38.9 Å². The SMILES string of the molecule is CCC(CCCNc1ncc2c(C)c(Br)ccc2n1)NC(=O)OC(C)(C)C. The molecule has 6 nitrogen and oxygen atoms in total. The highest BCUT2D eigenvalue weighted by atomic mass is 79.9. The molecule has 0 aliphatic heterocycles. The van der Waals surface area contributed by atoms with Crippen molar-refractivity contribution in [2.45, 2.75) is 65.5 Å². The van der Waals surface area contributed by atoms with E-state index in [4.69, 9.17) is 4.74 Å². The van der Waals surface area contributed by atoms with Gasteiger partial charge in [0.15, 0.2) is 0 Å². The second kappa shape index (κ2) is 9.35. The molecule has 7 heteroatoms. The number of aromatic nitrogens is 2. The minimum atomic E-state index is -0.481. The summed E-state index contributed by atoms with van der Waals surface area (Å²) in [7, 11) is 0. The summed E-state index contributed by atoms with van der Waals surface area (Å²) >= 11 is 3.53. The number of halogens is 1. The van der Waals surface area contributed by atoms with Crippen molar-refractivity contribution in [2.75, 3.05) is 11.9 Å². The van der Waals surface area contributed by atoms with Crippen molar-refractivity contribution in [3.05, 3.63) is 28.4 Å². The van der Waals surface area contributed by atoms with Crippen LogP contribution in [0.2, 0.25) is 0 Å². The Labute approximate surface area is 169 Å². The molecule has 0 fully saturated rings. The summed E-state index contributed by atoms with van der Waals surface area (Å²) in [5, 5.41) is 7.24. The number of nitrogens with one attached hydrogen (secondary N) is 2. The summed E-state index contributed by atoms with van der Waals surface area (Å²) in [6.45, 7) is 10.4. The van der Waals surface area contributed by atoms with E-state index in [1.54, 1.807) is 0 Å². The number of amides is 1. The lowest BCUT2D eigenvalue weighted by Crippen LogP contribution is -2.39. The number of nitrogens with zero attached hydrogens (tertiary/aromatic N) is 2. The van der Waals surface area contributed by atoms with Crippen molar-refractivity contribution in [1.29, 1.82) is 0 Å². The van der Waals surface area contributed by atoms with Crippen LogP contribution < -0.4 is 10.6 Å². The fraction of sp³-hybridized carbons (Fsp3) is 0.550. The number of hydrogen-bond acceptors (Lipinski definition) is 5. The second-order valence-corrected chi connectivity index (χ2v) is 8.47. The predicted octanol–water partition coefficient (Wildman–Crippen LogP) is 5.20. The first-order chi connectivity index (χ1) is 12.7. The van der Waals surface area contributed by atoms with E-state index in [0.717, 1.165) is 46.7 Å². The summed E-state index contributed by atoms with van der Waals surface area (Å²) in [5.41, 5.74) is 1.58. The average Bonchev–Trinajstić information content (AvgIpc) is 2.59. The van der Waals surface area contributed by atoms with E-state index in [2.05, 4.69) is 43.5 Å². The van der Waals surface area contributed by atoms with Crippen LogP contribution in [0.1, 0.15) is 52.5 Å². The zero-order valence-electron chi connectivity index (χ0n) is 16.7. The Kier molecular flexibility index (Phi) is 7.41. The predicted molar refractivity (Wildman–Crippen MR) is 113 cm³/mol. The van der Waals surface area contributed by atoms with Crippen LogP contribution >= 0.6 is 15.9 Å². The van der Waals surface area contributed by atoms with Crippen LogP contribution in [0.5, 0.6) is 0 Å². The highest BCUT2D eigenvalue weighted by Crippen LogP contribution is 2.24. The monoisotopic (exact) mass is 436 g/mol. The van der Waals surface area contributed by atoms with Gasteiger partial charge in [-0.05, 0) is 64.7 Å². The molecule has 1 aromatic carbocycles.